The Morgan fingerprint density at radius 1 is 1.28 bits per heavy atom. The van der Waals surface area contributed by atoms with Crippen LogP contribution in [-0.2, 0) is 14.3 Å². The van der Waals surface area contributed by atoms with Gasteiger partial charge < -0.3 is 9.64 Å². The maximum Gasteiger partial charge on any atom is 0.336 e. The third-order valence-corrected chi connectivity index (χ3v) is 4.26. The molecule has 1 aliphatic carbocycles. The van der Waals surface area contributed by atoms with E-state index < -0.39 is 0 Å². The largest absolute Gasteiger partial charge is 0.456 e. The van der Waals surface area contributed by atoms with E-state index in [0.29, 0.717) is 5.57 Å². The fraction of sp³-hybridized carbons (Fsp3) is 0.714. The lowest BCUT2D eigenvalue weighted by molar-refractivity contribution is -0.141. The molecule has 0 N–H and O–H groups in total. The van der Waals surface area contributed by atoms with Crippen LogP contribution in [0.15, 0.2) is 11.3 Å². The molecule has 0 aromatic carbocycles. The summed E-state index contributed by atoms with van der Waals surface area (Å²) in [5.74, 6) is -0.187. The summed E-state index contributed by atoms with van der Waals surface area (Å²) >= 11 is 0. The van der Waals surface area contributed by atoms with Gasteiger partial charge in [-0.25, -0.2) is 4.79 Å². The van der Waals surface area contributed by atoms with Crippen molar-refractivity contribution >= 4 is 11.9 Å². The van der Waals surface area contributed by atoms with Crippen molar-refractivity contribution < 1.29 is 14.3 Å². The second-order valence-electron chi connectivity index (χ2n) is 5.63. The van der Waals surface area contributed by atoms with Crippen LogP contribution in [-0.4, -0.2) is 30.4 Å². The van der Waals surface area contributed by atoms with Crippen molar-refractivity contribution in [3.05, 3.63) is 11.3 Å². The minimum absolute atomic E-state index is 0.120. The van der Waals surface area contributed by atoms with Crippen molar-refractivity contribution in [1.82, 2.24) is 4.90 Å². The van der Waals surface area contributed by atoms with Gasteiger partial charge in [-0.1, -0.05) is 26.2 Å². The van der Waals surface area contributed by atoms with E-state index in [0.717, 1.165) is 31.4 Å². The molecule has 4 heteroatoms. The van der Waals surface area contributed by atoms with Crippen LogP contribution in [0.3, 0.4) is 0 Å². The zero-order valence-electron chi connectivity index (χ0n) is 11.4. The number of hydrogen-bond donors (Lipinski definition) is 0. The standard InChI is InChI=1S/C14H21NO3/c1-10-11(9-18-12(10)16)15(3)13(17)14(2)7-5-4-6-8-14/h4-9H2,1-3H3. The normalized spacial score (nSPS) is 22.9. The average Bonchev–Trinajstić information content (AvgIpc) is 2.69. The predicted octanol–water partition coefficient (Wildman–Crippen LogP) is 2.25. The lowest BCUT2D eigenvalue weighted by Gasteiger charge is -2.35. The van der Waals surface area contributed by atoms with Crippen molar-refractivity contribution in [2.24, 2.45) is 5.41 Å². The van der Waals surface area contributed by atoms with Gasteiger partial charge in [-0.2, -0.15) is 0 Å². The second kappa shape index (κ2) is 4.75. The Morgan fingerprint density at radius 3 is 2.39 bits per heavy atom. The Balaban J connectivity index is 2.16. The van der Waals surface area contributed by atoms with Gasteiger partial charge in [0.1, 0.15) is 6.61 Å². The molecule has 1 aliphatic heterocycles. The lowest BCUT2D eigenvalue weighted by Crippen LogP contribution is -2.41. The van der Waals surface area contributed by atoms with Crippen LogP contribution >= 0.6 is 0 Å². The number of carbonyl (C=O) groups is 2. The number of nitrogens with zero attached hydrogens (tertiary/aromatic N) is 1. The summed E-state index contributed by atoms with van der Waals surface area (Å²) in [6.07, 6.45) is 5.33. The molecule has 0 spiro atoms. The quantitative estimate of drug-likeness (QED) is 0.707. The number of esters is 1. The van der Waals surface area contributed by atoms with Crippen molar-refractivity contribution in [3.63, 3.8) is 0 Å². The summed E-state index contributed by atoms with van der Waals surface area (Å²) in [7, 11) is 1.75. The van der Waals surface area contributed by atoms with E-state index in [-0.39, 0.29) is 23.9 Å². The first-order valence-corrected chi connectivity index (χ1v) is 6.61. The minimum atomic E-state index is -0.307. The van der Waals surface area contributed by atoms with Crippen molar-refractivity contribution in [1.29, 1.82) is 0 Å². The predicted molar refractivity (Wildman–Crippen MR) is 67.6 cm³/mol. The van der Waals surface area contributed by atoms with Gasteiger partial charge in [0.15, 0.2) is 0 Å². The molecule has 0 bridgehead atoms. The van der Waals surface area contributed by atoms with E-state index in [1.807, 2.05) is 6.92 Å². The van der Waals surface area contributed by atoms with Crippen LogP contribution in [0.1, 0.15) is 46.0 Å². The highest BCUT2D eigenvalue weighted by atomic mass is 16.5. The molecule has 1 heterocycles. The Morgan fingerprint density at radius 2 is 1.89 bits per heavy atom. The molecule has 2 aliphatic rings. The molecule has 0 saturated heterocycles. The number of likely N-dealkylation sites (N-methyl/N-ethyl adjacent to an activating group) is 1. The monoisotopic (exact) mass is 251 g/mol. The van der Waals surface area contributed by atoms with Gasteiger partial charge in [0.25, 0.3) is 0 Å². The van der Waals surface area contributed by atoms with Crippen LogP contribution in [0.4, 0.5) is 0 Å². The van der Waals surface area contributed by atoms with E-state index in [4.69, 9.17) is 4.74 Å². The van der Waals surface area contributed by atoms with Gasteiger partial charge in [-0.15, -0.1) is 0 Å². The number of amides is 1. The van der Waals surface area contributed by atoms with Crippen molar-refractivity contribution in [2.75, 3.05) is 13.7 Å². The number of ether oxygens (including phenoxy) is 1. The van der Waals surface area contributed by atoms with Gasteiger partial charge in [0, 0.05) is 12.5 Å². The van der Waals surface area contributed by atoms with Gasteiger partial charge >= 0.3 is 5.97 Å². The minimum Gasteiger partial charge on any atom is -0.456 e. The van der Waals surface area contributed by atoms with Crippen LogP contribution in [0.2, 0.25) is 0 Å². The van der Waals surface area contributed by atoms with E-state index in [2.05, 4.69) is 0 Å². The SMILES string of the molecule is CC1=C(N(C)C(=O)C2(C)CCCCC2)COC1=O. The molecule has 18 heavy (non-hydrogen) atoms. The van der Waals surface area contributed by atoms with E-state index >= 15 is 0 Å². The van der Waals surface area contributed by atoms with Crippen molar-refractivity contribution in [2.45, 2.75) is 46.0 Å². The molecule has 100 valence electrons. The topological polar surface area (TPSA) is 46.6 Å². The Labute approximate surface area is 108 Å². The fourth-order valence-corrected chi connectivity index (χ4v) is 2.89. The summed E-state index contributed by atoms with van der Waals surface area (Å²) in [5, 5.41) is 0. The average molecular weight is 251 g/mol. The zero-order chi connectivity index (χ0) is 13.3. The summed E-state index contributed by atoms with van der Waals surface area (Å²) in [5.41, 5.74) is 1.01. The third kappa shape index (κ3) is 2.16. The molecule has 0 atom stereocenters. The molecule has 0 radical (unpaired) electrons. The maximum absolute atomic E-state index is 12.6. The summed E-state index contributed by atoms with van der Waals surface area (Å²) < 4.78 is 4.96. The summed E-state index contributed by atoms with van der Waals surface area (Å²) in [4.78, 5) is 25.6. The number of cyclic esters (lactones) is 1. The highest BCUT2D eigenvalue weighted by Crippen LogP contribution is 2.38. The van der Waals surface area contributed by atoms with Crippen LogP contribution in [0.25, 0.3) is 0 Å². The fourth-order valence-electron chi connectivity index (χ4n) is 2.89. The molecule has 1 amide bonds. The maximum atomic E-state index is 12.6. The molecule has 4 nitrogen and oxygen atoms in total. The first-order valence-electron chi connectivity index (χ1n) is 6.61. The Hall–Kier alpha value is -1.32. The van der Waals surface area contributed by atoms with Crippen molar-refractivity contribution in [3.8, 4) is 0 Å². The molecule has 2 rings (SSSR count). The lowest BCUT2D eigenvalue weighted by atomic mass is 9.74. The van der Waals surface area contributed by atoms with E-state index in [9.17, 15) is 9.59 Å². The highest BCUT2D eigenvalue weighted by molar-refractivity contribution is 5.93. The molecule has 1 fully saturated rings. The number of hydrogen-bond acceptors (Lipinski definition) is 3. The van der Waals surface area contributed by atoms with Crippen LogP contribution in [0.5, 0.6) is 0 Å². The number of carbonyl (C=O) groups excluding carboxylic acids is 2. The third-order valence-electron chi connectivity index (χ3n) is 4.26. The van der Waals surface area contributed by atoms with E-state index in [1.54, 1.807) is 18.9 Å². The Bertz CT molecular complexity index is 405. The van der Waals surface area contributed by atoms with Gasteiger partial charge in [-0.3, -0.25) is 4.79 Å². The van der Waals surface area contributed by atoms with Crippen LogP contribution < -0.4 is 0 Å². The number of rotatable bonds is 2. The van der Waals surface area contributed by atoms with Crippen LogP contribution in [0, 0.1) is 5.41 Å². The molecular formula is C14H21NO3. The first-order chi connectivity index (χ1) is 8.46. The summed E-state index contributed by atoms with van der Waals surface area (Å²) in [6, 6.07) is 0. The molecule has 0 unspecified atom stereocenters. The van der Waals surface area contributed by atoms with Gasteiger partial charge in [0.05, 0.1) is 11.3 Å². The zero-order valence-corrected chi connectivity index (χ0v) is 11.4. The molecule has 1 saturated carbocycles. The van der Waals surface area contributed by atoms with E-state index in [1.165, 1.54) is 6.42 Å². The highest BCUT2D eigenvalue weighted by Gasteiger charge is 2.39. The summed E-state index contributed by atoms with van der Waals surface area (Å²) in [6.45, 7) is 3.99. The molecular weight excluding hydrogens is 230 g/mol. The smallest absolute Gasteiger partial charge is 0.336 e. The van der Waals surface area contributed by atoms with Gasteiger partial charge in [0.2, 0.25) is 5.91 Å². The first kappa shape index (κ1) is 13.1. The molecule has 0 aromatic rings. The molecule has 0 aromatic heterocycles. The van der Waals surface area contributed by atoms with Gasteiger partial charge in [-0.05, 0) is 19.8 Å². The Kier molecular flexibility index (Phi) is 3.46. The second-order valence-corrected chi connectivity index (χ2v) is 5.63.